The lowest BCUT2D eigenvalue weighted by Crippen LogP contribution is -2.46. The van der Waals surface area contributed by atoms with Crippen LogP contribution < -0.4 is 21.2 Å². The molecular weight excluding hydrogens is 470 g/mol. The Morgan fingerprint density at radius 3 is 2.59 bits per heavy atom. The number of hydrazine groups is 1. The number of nitrogens with two attached hydrogens (primary N) is 2. The molecule has 1 atom stereocenters. The Hall–Kier alpha value is -3.27. The molecule has 1 aliphatic heterocycles. The average Bonchev–Trinajstić information content (AvgIpc) is 3.23. The van der Waals surface area contributed by atoms with E-state index in [4.69, 9.17) is 20.9 Å². The summed E-state index contributed by atoms with van der Waals surface area (Å²) in [6.45, 7) is 12.6. The van der Waals surface area contributed by atoms with Crippen molar-refractivity contribution in [2.45, 2.75) is 85.0 Å². The van der Waals surface area contributed by atoms with Crippen molar-refractivity contribution in [1.29, 1.82) is 0 Å². The summed E-state index contributed by atoms with van der Waals surface area (Å²) in [7, 11) is 1.62. The van der Waals surface area contributed by atoms with Crippen LogP contribution in [0.2, 0.25) is 0 Å². The van der Waals surface area contributed by atoms with Gasteiger partial charge in [-0.2, -0.15) is 9.97 Å². The maximum absolute atomic E-state index is 13.1. The fourth-order valence-electron chi connectivity index (χ4n) is 4.23. The highest BCUT2D eigenvalue weighted by atomic mass is 16.6. The van der Waals surface area contributed by atoms with Gasteiger partial charge in [-0.3, -0.25) is 9.91 Å². The molecule has 1 aliphatic rings. The van der Waals surface area contributed by atoms with Crippen LogP contribution in [-0.2, 0) is 17.8 Å². The van der Waals surface area contributed by atoms with E-state index in [1.807, 2.05) is 32.9 Å². The SMILES string of the molecule is CCCCOc1nc(N)c(N)c(N(Cc2cccc(CN3CCCC3C)c2)N(C)C(=O)OC(C)(C)C)n1. The molecule has 0 radical (unpaired) electrons. The number of benzene rings is 1. The van der Waals surface area contributed by atoms with Crippen molar-refractivity contribution in [2.75, 3.05) is 36.7 Å². The van der Waals surface area contributed by atoms with Crippen molar-refractivity contribution >= 4 is 23.4 Å². The Balaban J connectivity index is 1.94. The molecule has 37 heavy (non-hydrogen) atoms. The van der Waals surface area contributed by atoms with Crippen LogP contribution in [0.15, 0.2) is 24.3 Å². The van der Waals surface area contributed by atoms with E-state index in [2.05, 4.69) is 40.8 Å². The molecule has 1 aromatic heterocycles. The fraction of sp³-hybridized carbons (Fsp3) is 0.593. The summed E-state index contributed by atoms with van der Waals surface area (Å²) in [4.78, 5) is 24.3. The molecule has 1 fully saturated rings. The zero-order valence-corrected chi connectivity index (χ0v) is 23.2. The van der Waals surface area contributed by atoms with Gasteiger partial charge in [0.05, 0.1) is 13.2 Å². The van der Waals surface area contributed by atoms with Crippen LogP contribution in [0.5, 0.6) is 6.01 Å². The number of anilines is 3. The van der Waals surface area contributed by atoms with Crippen LogP contribution >= 0.6 is 0 Å². The van der Waals surface area contributed by atoms with Crippen LogP contribution in [0.25, 0.3) is 0 Å². The summed E-state index contributed by atoms with van der Waals surface area (Å²) in [6, 6.07) is 9.04. The molecule has 204 valence electrons. The average molecular weight is 514 g/mol. The zero-order chi connectivity index (χ0) is 27.2. The molecule has 1 aromatic carbocycles. The Bertz CT molecular complexity index is 1060. The zero-order valence-electron chi connectivity index (χ0n) is 23.2. The second-order valence-corrected chi connectivity index (χ2v) is 10.7. The topological polar surface area (TPSA) is 123 Å². The van der Waals surface area contributed by atoms with Crippen molar-refractivity contribution in [1.82, 2.24) is 19.9 Å². The van der Waals surface area contributed by atoms with E-state index in [1.165, 1.54) is 23.4 Å². The van der Waals surface area contributed by atoms with Gasteiger partial charge in [0.25, 0.3) is 0 Å². The van der Waals surface area contributed by atoms with Gasteiger partial charge in [0.1, 0.15) is 11.3 Å². The summed E-state index contributed by atoms with van der Waals surface area (Å²) in [5.41, 5.74) is 14.2. The van der Waals surface area contributed by atoms with Crippen molar-refractivity contribution in [2.24, 2.45) is 0 Å². The Morgan fingerprint density at radius 2 is 1.95 bits per heavy atom. The third kappa shape index (κ3) is 7.85. The van der Waals surface area contributed by atoms with Crippen molar-refractivity contribution in [3.05, 3.63) is 35.4 Å². The maximum Gasteiger partial charge on any atom is 0.429 e. The van der Waals surface area contributed by atoms with Crippen LogP contribution in [0.3, 0.4) is 0 Å². The van der Waals surface area contributed by atoms with Crippen LogP contribution in [0, 0.1) is 0 Å². The van der Waals surface area contributed by atoms with Crippen molar-refractivity contribution in [3.8, 4) is 6.01 Å². The molecule has 2 heterocycles. The minimum atomic E-state index is -0.673. The Labute approximate surface area is 220 Å². The summed E-state index contributed by atoms with van der Waals surface area (Å²) in [6.07, 6.45) is 3.74. The highest BCUT2D eigenvalue weighted by molar-refractivity contribution is 5.77. The van der Waals surface area contributed by atoms with Gasteiger partial charge in [-0.25, -0.2) is 9.80 Å². The molecular formula is C27H43N7O3. The molecule has 1 saturated heterocycles. The van der Waals surface area contributed by atoms with Crippen LogP contribution in [0.1, 0.15) is 71.4 Å². The van der Waals surface area contributed by atoms with Crippen molar-refractivity contribution < 1.29 is 14.3 Å². The first kappa shape index (κ1) is 28.3. The van der Waals surface area contributed by atoms with Gasteiger partial charge in [0.2, 0.25) is 0 Å². The predicted octanol–water partition coefficient (Wildman–Crippen LogP) is 4.59. The molecule has 10 nitrogen and oxygen atoms in total. The number of ether oxygens (including phenoxy) is 2. The normalized spacial score (nSPS) is 16.0. The lowest BCUT2D eigenvalue weighted by atomic mass is 10.1. The first-order valence-corrected chi connectivity index (χ1v) is 13.1. The molecule has 4 N–H and O–H groups in total. The minimum absolute atomic E-state index is 0.0934. The third-order valence-electron chi connectivity index (χ3n) is 6.33. The molecule has 1 amide bonds. The third-order valence-corrected chi connectivity index (χ3v) is 6.33. The molecule has 10 heteroatoms. The Kier molecular flexibility index (Phi) is 9.42. The number of hydrogen-bond donors (Lipinski definition) is 2. The van der Waals surface area contributed by atoms with E-state index in [0.717, 1.165) is 31.5 Å². The predicted molar refractivity (Wildman–Crippen MR) is 147 cm³/mol. The second kappa shape index (κ2) is 12.3. The number of carbonyl (C=O) groups excluding carboxylic acids is 1. The summed E-state index contributed by atoms with van der Waals surface area (Å²) in [5, 5.41) is 3.03. The molecule has 1 unspecified atom stereocenters. The van der Waals surface area contributed by atoms with E-state index in [-0.39, 0.29) is 23.3 Å². The van der Waals surface area contributed by atoms with E-state index in [9.17, 15) is 4.79 Å². The highest BCUT2D eigenvalue weighted by Crippen LogP contribution is 2.31. The number of nitrogens with zero attached hydrogens (tertiary/aromatic N) is 5. The van der Waals surface area contributed by atoms with Crippen LogP contribution in [-0.4, -0.2) is 57.8 Å². The number of amides is 1. The lowest BCUT2D eigenvalue weighted by molar-refractivity contribution is 0.0272. The van der Waals surface area contributed by atoms with Gasteiger partial charge in [0, 0.05) is 19.6 Å². The number of nitrogen functional groups attached to an aromatic ring is 2. The van der Waals surface area contributed by atoms with Crippen LogP contribution in [0.4, 0.5) is 22.1 Å². The smallest absolute Gasteiger partial charge is 0.429 e. The largest absolute Gasteiger partial charge is 0.463 e. The lowest BCUT2D eigenvalue weighted by Gasteiger charge is -2.35. The number of likely N-dealkylation sites (tertiary alicyclic amines) is 1. The number of aromatic nitrogens is 2. The van der Waals surface area contributed by atoms with Gasteiger partial charge >= 0.3 is 12.1 Å². The number of carbonyl (C=O) groups is 1. The highest BCUT2D eigenvalue weighted by Gasteiger charge is 2.28. The monoisotopic (exact) mass is 513 g/mol. The van der Waals surface area contributed by atoms with Gasteiger partial charge in [-0.1, -0.05) is 37.6 Å². The first-order chi connectivity index (χ1) is 17.5. The molecule has 0 saturated carbocycles. The molecule has 0 bridgehead atoms. The summed E-state index contributed by atoms with van der Waals surface area (Å²) >= 11 is 0. The molecule has 3 rings (SSSR count). The van der Waals surface area contributed by atoms with E-state index in [0.29, 0.717) is 19.2 Å². The number of unbranched alkanes of at least 4 members (excludes halogenated alkanes) is 1. The van der Waals surface area contributed by atoms with E-state index < -0.39 is 11.7 Å². The summed E-state index contributed by atoms with van der Waals surface area (Å²) in [5.74, 6) is 0.377. The molecule has 2 aromatic rings. The fourth-order valence-corrected chi connectivity index (χ4v) is 4.23. The molecule has 0 spiro atoms. The minimum Gasteiger partial charge on any atom is -0.463 e. The number of hydrogen-bond acceptors (Lipinski definition) is 9. The van der Waals surface area contributed by atoms with Gasteiger partial charge in [-0.15, -0.1) is 0 Å². The summed E-state index contributed by atoms with van der Waals surface area (Å²) < 4.78 is 11.4. The Morgan fingerprint density at radius 1 is 1.22 bits per heavy atom. The molecule has 0 aliphatic carbocycles. The van der Waals surface area contributed by atoms with Gasteiger partial charge < -0.3 is 20.9 Å². The first-order valence-electron chi connectivity index (χ1n) is 13.1. The van der Waals surface area contributed by atoms with Gasteiger partial charge in [-0.05, 0) is 64.6 Å². The van der Waals surface area contributed by atoms with Crippen molar-refractivity contribution in [3.63, 3.8) is 0 Å². The standard InChI is InChI=1S/C27H43N7O3/c1-7-8-15-36-25-30-23(29)22(28)24(31-25)34(32(6)26(35)37-27(3,4)5)18-21-13-9-12-20(16-21)17-33-14-10-11-19(33)2/h9,12-13,16,19H,7-8,10-11,14-15,17-18,28H2,1-6H3,(H2,29,30,31). The number of rotatable bonds is 10. The maximum atomic E-state index is 13.1. The van der Waals surface area contributed by atoms with E-state index >= 15 is 0 Å². The van der Waals surface area contributed by atoms with E-state index in [1.54, 1.807) is 12.1 Å². The second-order valence-electron chi connectivity index (χ2n) is 10.7. The van der Waals surface area contributed by atoms with Gasteiger partial charge in [0.15, 0.2) is 11.6 Å². The quantitative estimate of drug-likeness (QED) is 0.347.